The monoisotopic (exact) mass is 262 g/mol. The van der Waals surface area contributed by atoms with Gasteiger partial charge in [-0.05, 0) is 27.7 Å². The highest BCUT2D eigenvalue weighted by atomic mass is 19.3. The van der Waals surface area contributed by atoms with Crippen molar-refractivity contribution in [2.24, 2.45) is 0 Å². The minimum atomic E-state index is -2.89. The molecule has 0 bridgehead atoms. The fourth-order valence-corrected chi connectivity index (χ4v) is 1.33. The van der Waals surface area contributed by atoms with Gasteiger partial charge in [-0.25, -0.2) is 0 Å². The van der Waals surface area contributed by atoms with E-state index in [1.54, 1.807) is 0 Å². The Kier molecular flexibility index (Phi) is 6.36. The predicted octanol–water partition coefficient (Wildman–Crippen LogP) is 3.04. The Morgan fingerprint density at radius 2 is 1.06 bits per heavy atom. The van der Waals surface area contributed by atoms with Crippen LogP contribution in [0.1, 0.15) is 27.7 Å². The molecule has 0 saturated carbocycles. The van der Waals surface area contributed by atoms with Crippen molar-refractivity contribution in [1.82, 2.24) is 0 Å². The van der Waals surface area contributed by atoms with E-state index < -0.39 is 24.4 Å². The first kappa shape index (κ1) is 16.6. The summed E-state index contributed by atoms with van der Waals surface area (Å²) in [6, 6.07) is 0. The molecule has 0 amide bonds. The van der Waals surface area contributed by atoms with Gasteiger partial charge in [-0.15, -0.1) is 0 Å². The molecule has 0 unspecified atom stereocenters. The van der Waals surface area contributed by atoms with Crippen LogP contribution in [-0.2, 0) is 14.2 Å². The Morgan fingerprint density at radius 1 is 0.765 bits per heavy atom. The van der Waals surface area contributed by atoms with E-state index in [-0.39, 0.29) is 13.2 Å². The van der Waals surface area contributed by atoms with E-state index in [9.17, 15) is 17.6 Å². The Hall–Kier alpha value is -0.400. The normalized spacial score (nSPS) is 13.8. The first-order valence-electron chi connectivity index (χ1n) is 5.04. The zero-order valence-corrected chi connectivity index (χ0v) is 10.3. The third-order valence-electron chi connectivity index (χ3n) is 1.67. The van der Waals surface area contributed by atoms with Crippen LogP contribution in [0.3, 0.4) is 0 Å². The molecule has 0 aliphatic rings. The summed E-state index contributed by atoms with van der Waals surface area (Å²) in [7, 11) is 0. The van der Waals surface area contributed by atoms with E-state index >= 15 is 0 Å². The Morgan fingerprint density at radius 3 is 1.29 bits per heavy atom. The number of ether oxygens (including phenoxy) is 3. The van der Waals surface area contributed by atoms with Crippen molar-refractivity contribution >= 4 is 0 Å². The molecule has 7 heteroatoms. The van der Waals surface area contributed by atoms with E-state index in [1.807, 2.05) is 0 Å². The fourth-order valence-electron chi connectivity index (χ4n) is 1.33. The van der Waals surface area contributed by atoms with Crippen molar-refractivity contribution in [2.45, 2.75) is 52.1 Å². The molecule has 0 atom stereocenters. The lowest BCUT2D eigenvalue weighted by Crippen LogP contribution is -2.43. The van der Waals surface area contributed by atoms with Gasteiger partial charge in [0, 0.05) is 0 Å². The molecule has 0 heterocycles. The summed E-state index contributed by atoms with van der Waals surface area (Å²) in [6.45, 7) is -0.361. The molecule has 104 valence electrons. The summed E-state index contributed by atoms with van der Waals surface area (Å²) < 4.78 is 61.1. The van der Waals surface area contributed by atoms with Crippen LogP contribution in [0.4, 0.5) is 17.6 Å². The lowest BCUT2D eigenvalue weighted by molar-refractivity contribution is -0.230. The van der Waals surface area contributed by atoms with Gasteiger partial charge in [-0.1, -0.05) is 0 Å². The summed E-state index contributed by atoms with van der Waals surface area (Å²) in [6.07, 6.45) is 0. The van der Waals surface area contributed by atoms with Crippen LogP contribution < -0.4 is 0 Å². The molecule has 0 rings (SSSR count). The van der Waals surface area contributed by atoms with Gasteiger partial charge in [-0.2, -0.15) is 17.6 Å². The molecule has 0 saturated heterocycles. The van der Waals surface area contributed by atoms with E-state index in [1.165, 1.54) is 27.7 Å². The topological polar surface area (TPSA) is 27.7 Å². The second-order valence-electron chi connectivity index (χ2n) is 4.76. The average Bonchev–Trinajstić information content (AvgIpc) is 2.10. The van der Waals surface area contributed by atoms with E-state index in [0.29, 0.717) is 0 Å². The van der Waals surface area contributed by atoms with Crippen LogP contribution >= 0.6 is 0 Å². The maximum atomic E-state index is 11.9. The number of alkyl halides is 4. The van der Waals surface area contributed by atoms with Crippen molar-refractivity contribution in [1.29, 1.82) is 0 Å². The van der Waals surface area contributed by atoms with Gasteiger partial charge in [0.25, 0.3) is 0 Å². The van der Waals surface area contributed by atoms with Gasteiger partial charge in [0.05, 0.1) is 24.4 Å². The van der Waals surface area contributed by atoms with Crippen LogP contribution in [0, 0.1) is 0 Å². The van der Waals surface area contributed by atoms with Gasteiger partial charge < -0.3 is 14.2 Å². The smallest absolute Gasteiger partial charge is 0.345 e. The highest BCUT2D eigenvalue weighted by Crippen LogP contribution is 2.22. The summed E-state index contributed by atoms with van der Waals surface area (Å²) in [4.78, 5) is 0. The zero-order chi connectivity index (χ0) is 13.7. The van der Waals surface area contributed by atoms with Gasteiger partial charge in [0.1, 0.15) is 0 Å². The van der Waals surface area contributed by atoms with Crippen molar-refractivity contribution in [3.63, 3.8) is 0 Å². The van der Waals surface area contributed by atoms with E-state index in [0.717, 1.165) is 0 Å². The maximum Gasteiger partial charge on any atom is 0.345 e. The highest BCUT2D eigenvalue weighted by molar-refractivity contribution is 4.77. The molecule has 0 spiro atoms. The third kappa shape index (κ3) is 9.31. The van der Waals surface area contributed by atoms with Crippen LogP contribution in [0.2, 0.25) is 0 Å². The summed E-state index contributed by atoms with van der Waals surface area (Å²) in [5, 5.41) is 0. The van der Waals surface area contributed by atoms with Crippen LogP contribution in [0.5, 0.6) is 0 Å². The van der Waals surface area contributed by atoms with Crippen molar-refractivity contribution in [3.8, 4) is 0 Å². The quantitative estimate of drug-likeness (QED) is 0.629. The first-order valence-corrected chi connectivity index (χ1v) is 5.04. The SMILES string of the molecule is CC(C)(COC(F)F)OC(C)(C)COC(F)F. The van der Waals surface area contributed by atoms with Gasteiger partial charge in [-0.3, -0.25) is 0 Å². The lowest BCUT2D eigenvalue weighted by atomic mass is 10.1. The van der Waals surface area contributed by atoms with Gasteiger partial charge in [0.15, 0.2) is 0 Å². The van der Waals surface area contributed by atoms with Crippen LogP contribution in [0.15, 0.2) is 0 Å². The molecule has 0 aromatic heterocycles. The highest BCUT2D eigenvalue weighted by Gasteiger charge is 2.31. The predicted molar refractivity (Wildman–Crippen MR) is 53.2 cm³/mol. The van der Waals surface area contributed by atoms with E-state index in [2.05, 4.69) is 9.47 Å². The molecule has 0 N–H and O–H groups in total. The summed E-state index contributed by atoms with van der Waals surface area (Å²) in [5.74, 6) is 0. The number of hydrogen-bond acceptors (Lipinski definition) is 3. The van der Waals surface area contributed by atoms with Crippen LogP contribution in [-0.4, -0.2) is 37.6 Å². The number of rotatable bonds is 8. The van der Waals surface area contributed by atoms with Crippen molar-refractivity contribution in [2.75, 3.05) is 13.2 Å². The number of halogens is 4. The van der Waals surface area contributed by atoms with E-state index in [4.69, 9.17) is 4.74 Å². The number of hydrogen-bond donors (Lipinski definition) is 0. The molecule has 17 heavy (non-hydrogen) atoms. The molecule has 3 nitrogen and oxygen atoms in total. The summed E-state index contributed by atoms with van der Waals surface area (Å²) >= 11 is 0. The fraction of sp³-hybridized carbons (Fsp3) is 1.00. The average molecular weight is 262 g/mol. The van der Waals surface area contributed by atoms with Crippen LogP contribution in [0.25, 0.3) is 0 Å². The minimum Gasteiger partial charge on any atom is -0.365 e. The summed E-state index contributed by atoms with van der Waals surface area (Å²) in [5.41, 5.74) is -2.04. The molecular weight excluding hydrogens is 244 g/mol. The first-order chi connectivity index (χ1) is 7.54. The van der Waals surface area contributed by atoms with Gasteiger partial charge in [0.2, 0.25) is 0 Å². The second-order valence-corrected chi connectivity index (χ2v) is 4.76. The largest absolute Gasteiger partial charge is 0.365 e. The second kappa shape index (κ2) is 6.51. The van der Waals surface area contributed by atoms with Gasteiger partial charge >= 0.3 is 13.2 Å². The zero-order valence-electron chi connectivity index (χ0n) is 10.3. The lowest BCUT2D eigenvalue weighted by Gasteiger charge is -2.35. The molecule has 0 fully saturated rings. The standard InChI is InChI=1S/C10H18F4O3/c1-9(2,5-15-7(11)12)17-10(3,4)6-16-8(13)14/h7-8H,5-6H2,1-4H3. The van der Waals surface area contributed by atoms with Crippen molar-refractivity contribution in [3.05, 3.63) is 0 Å². The Balaban J connectivity index is 4.17. The molecule has 0 aliphatic carbocycles. The molecule has 0 aromatic carbocycles. The Bertz CT molecular complexity index is 198. The maximum absolute atomic E-state index is 11.9. The third-order valence-corrected chi connectivity index (χ3v) is 1.67. The minimum absolute atomic E-state index is 0.344. The molecule has 0 aromatic rings. The molecule has 0 radical (unpaired) electrons. The molecular formula is C10H18F4O3. The Labute approximate surface area is 98.0 Å². The molecule has 0 aliphatic heterocycles. The van der Waals surface area contributed by atoms with Crippen molar-refractivity contribution < 1.29 is 31.8 Å².